The SMILES string of the molecule is C=C1C(=O)[C@@]23C(=O)O[C@H]4CCC(C)(C)[C@H]5C(=O)OC[C@@]45[C@@H]2CC[C@@H]1[C@H]3OC(=O)c1ccc([N+](=O)[O-])cc1. The second-order valence-corrected chi connectivity index (χ2v) is 11.7. The van der Waals surface area contributed by atoms with Crippen molar-refractivity contribution in [1.82, 2.24) is 0 Å². The molecule has 0 N–H and O–H groups in total. The third kappa shape index (κ3) is 2.81. The Morgan fingerprint density at radius 1 is 1.14 bits per heavy atom. The summed E-state index contributed by atoms with van der Waals surface area (Å²) in [6.07, 6.45) is 0.398. The molecule has 5 aliphatic rings. The molecule has 2 saturated heterocycles. The smallest absolute Gasteiger partial charge is 0.338 e. The van der Waals surface area contributed by atoms with E-state index in [1.807, 2.05) is 13.8 Å². The summed E-state index contributed by atoms with van der Waals surface area (Å²) in [5, 5.41) is 11.0. The Bertz CT molecular complexity index is 1280. The number of ketones is 1. The van der Waals surface area contributed by atoms with Gasteiger partial charge in [0.25, 0.3) is 5.69 Å². The van der Waals surface area contributed by atoms with Crippen LogP contribution in [0.2, 0.25) is 0 Å². The number of non-ortho nitro benzene ring substituents is 1. The van der Waals surface area contributed by atoms with Crippen LogP contribution >= 0.6 is 0 Å². The minimum absolute atomic E-state index is 0.0394. The van der Waals surface area contributed by atoms with Crippen molar-refractivity contribution in [3.05, 3.63) is 52.1 Å². The van der Waals surface area contributed by atoms with Crippen LogP contribution in [0.25, 0.3) is 0 Å². The van der Waals surface area contributed by atoms with Gasteiger partial charge >= 0.3 is 17.9 Å². The molecule has 2 bridgehead atoms. The van der Waals surface area contributed by atoms with Gasteiger partial charge in [0.15, 0.2) is 11.2 Å². The fraction of sp³-hybridized carbons (Fsp3) is 0.556. The fourth-order valence-corrected chi connectivity index (χ4v) is 8.19. The number of carbonyl (C=O) groups excluding carboxylic acids is 4. The Hall–Kier alpha value is -3.56. The number of fused-ring (bicyclic) bond motifs is 1. The van der Waals surface area contributed by atoms with Crippen LogP contribution < -0.4 is 0 Å². The molecule has 2 spiro atoms. The molecule has 0 aromatic heterocycles. The maximum absolute atomic E-state index is 13.9. The summed E-state index contributed by atoms with van der Waals surface area (Å²) in [5.74, 6) is -4.16. The van der Waals surface area contributed by atoms with Gasteiger partial charge in [-0.25, -0.2) is 4.79 Å². The van der Waals surface area contributed by atoms with Gasteiger partial charge < -0.3 is 14.2 Å². The molecule has 3 saturated carbocycles. The molecule has 0 unspecified atom stereocenters. The molecule has 5 fully saturated rings. The van der Waals surface area contributed by atoms with E-state index in [2.05, 4.69) is 6.58 Å². The van der Waals surface area contributed by atoms with Crippen LogP contribution in [0.15, 0.2) is 36.4 Å². The number of esters is 3. The zero-order chi connectivity index (χ0) is 26.5. The van der Waals surface area contributed by atoms with Crippen LogP contribution in [0.4, 0.5) is 5.69 Å². The molecular formula is C27H27NO9. The Morgan fingerprint density at radius 2 is 1.84 bits per heavy atom. The number of nitro groups is 1. The van der Waals surface area contributed by atoms with Gasteiger partial charge in [0, 0.05) is 18.1 Å². The van der Waals surface area contributed by atoms with E-state index in [-0.39, 0.29) is 29.4 Å². The molecule has 37 heavy (non-hydrogen) atoms. The van der Waals surface area contributed by atoms with Gasteiger partial charge in [-0.15, -0.1) is 0 Å². The van der Waals surface area contributed by atoms with Crippen molar-refractivity contribution in [2.45, 2.75) is 51.7 Å². The minimum atomic E-state index is -1.81. The molecule has 6 rings (SSSR count). The summed E-state index contributed by atoms with van der Waals surface area (Å²) in [7, 11) is 0. The van der Waals surface area contributed by atoms with E-state index in [1.54, 1.807) is 0 Å². The van der Waals surface area contributed by atoms with Crippen molar-refractivity contribution < 1.29 is 38.3 Å². The van der Waals surface area contributed by atoms with Crippen molar-refractivity contribution in [2.24, 2.45) is 34.0 Å². The van der Waals surface area contributed by atoms with Gasteiger partial charge in [-0.2, -0.15) is 0 Å². The highest BCUT2D eigenvalue weighted by Gasteiger charge is 2.81. The molecule has 194 valence electrons. The average Bonchev–Trinajstić information content (AvgIpc) is 3.27. The Balaban J connectivity index is 1.44. The minimum Gasteiger partial charge on any atom is -0.465 e. The quantitative estimate of drug-likeness (QED) is 0.150. The molecular weight excluding hydrogens is 482 g/mol. The lowest BCUT2D eigenvalue weighted by Crippen LogP contribution is -2.71. The number of hydrogen-bond donors (Lipinski definition) is 0. The average molecular weight is 510 g/mol. The summed E-state index contributed by atoms with van der Waals surface area (Å²) in [4.78, 5) is 64.4. The highest BCUT2D eigenvalue weighted by molar-refractivity contribution is 6.16. The molecule has 0 radical (unpaired) electrons. The van der Waals surface area contributed by atoms with E-state index in [0.717, 1.165) is 0 Å². The van der Waals surface area contributed by atoms with Crippen LogP contribution in [-0.2, 0) is 28.6 Å². The highest BCUT2D eigenvalue weighted by Crippen LogP contribution is 2.71. The molecule has 10 nitrogen and oxygen atoms in total. The molecule has 2 aliphatic heterocycles. The normalized spacial score (nSPS) is 39.1. The molecule has 7 atom stereocenters. The third-order valence-corrected chi connectivity index (χ3v) is 9.70. The predicted molar refractivity (Wildman–Crippen MR) is 125 cm³/mol. The van der Waals surface area contributed by atoms with Crippen LogP contribution in [0.5, 0.6) is 0 Å². The summed E-state index contributed by atoms with van der Waals surface area (Å²) in [6.45, 7) is 8.00. The van der Waals surface area contributed by atoms with Crippen molar-refractivity contribution in [3.63, 3.8) is 0 Å². The largest absolute Gasteiger partial charge is 0.465 e. The number of nitro benzene ring substituents is 1. The lowest BCUT2D eigenvalue weighted by Gasteiger charge is -2.61. The number of hydrogen-bond acceptors (Lipinski definition) is 9. The first-order valence-electron chi connectivity index (χ1n) is 12.5. The van der Waals surface area contributed by atoms with E-state index in [1.165, 1.54) is 24.3 Å². The van der Waals surface area contributed by atoms with Gasteiger partial charge in [-0.1, -0.05) is 20.4 Å². The summed E-state index contributed by atoms with van der Waals surface area (Å²) < 4.78 is 17.6. The zero-order valence-corrected chi connectivity index (χ0v) is 20.6. The van der Waals surface area contributed by atoms with Crippen molar-refractivity contribution >= 4 is 29.4 Å². The van der Waals surface area contributed by atoms with E-state index >= 15 is 0 Å². The summed E-state index contributed by atoms with van der Waals surface area (Å²) >= 11 is 0. The number of benzene rings is 1. The maximum atomic E-state index is 13.9. The Morgan fingerprint density at radius 3 is 2.51 bits per heavy atom. The highest BCUT2D eigenvalue weighted by atomic mass is 16.6. The zero-order valence-electron chi connectivity index (χ0n) is 20.6. The molecule has 2 heterocycles. The monoisotopic (exact) mass is 509 g/mol. The molecule has 3 aliphatic carbocycles. The number of Topliss-reactive ketones (excluding diaryl/α,β-unsaturated/α-hetero) is 1. The fourth-order valence-electron chi connectivity index (χ4n) is 8.19. The van der Waals surface area contributed by atoms with E-state index in [4.69, 9.17) is 14.2 Å². The van der Waals surface area contributed by atoms with Crippen molar-refractivity contribution in [1.29, 1.82) is 0 Å². The molecule has 1 aromatic rings. The summed E-state index contributed by atoms with van der Waals surface area (Å²) in [5.41, 5.74) is -3.07. The second-order valence-electron chi connectivity index (χ2n) is 11.7. The first kappa shape index (κ1) is 23.8. The topological polar surface area (TPSA) is 139 Å². The van der Waals surface area contributed by atoms with Crippen molar-refractivity contribution in [2.75, 3.05) is 6.61 Å². The molecule has 1 aromatic carbocycles. The lowest BCUT2D eigenvalue weighted by molar-refractivity contribution is -0.384. The van der Waals surface area contributed by atoms with Gasteiger partial charge in [0.2, 0.25) is 0 Å². The second kappa shape index (κ2) is 7.49. The summed E-state index contributed by atoms with van der Waals surface area (Å²) in [6, 6.07) is 4.92. The van der Waals surface area contributed by atoms with E-state index in [0.29, 0.717) is 25.7 Å². The van der Waals surface area contributed by atoms with Gasteiger partial charge in [0.05, 0.1) is 21.8 Å². The predicted octanol–water partition coefficient (Wildman–Crippen LogP) is 3.18. The van der Waals surface area contributed by atoms with Crippen LogP contribution in [0, 0.1) is 44.1 Å². The van der Waals surface area contributed by atoms with E-state index in [9.17, 15) is 29.3 Å². The third-order valence-electron chi connectivity index (χ3n) is 9.70. The number of ether oxygens (including phenoxy) is 3. The van der Waals surface area contributed by atoms with Crippen molar-refractivity contribution in [3.8, 4) is 0 Å². The first-order chi connectivity index (χ1) is 17.5. The molecule has 0 amide bonds. The number of cyclic esters (lactones) is 1. The first-order valence-corrected chi connectivity index (χ1v) is 12.5. The number of carbonyl (C=O) groups is 4. The van der Waals surface area contributed by atoms with Crippen LogP contribution in [0.3, 0.4) is 0 Å². The number of rotatable bonds is 3. The number of nitrogens with zero attached hydrogens (tertiary/aromatic N) is 1. The standard InChI is InChI=1S/C27H27NO9/c1-13-16-8-9-17-26-12-35-23(31)19(26)25(2,3)11-10-18(26)36-24(32)27(17,20(13)29)21(16)37-22(30)14-4-6-15(7-5-14)28(33)34/h4-7,16-19,21H,1,8-12H2,2-3H3/t16-,17-,18-,19+,21+,26+,27-/m0/s1. The van der Waals surface area contributed by atoms with E-state index < -0.39 is 68.9 Å². The maximum Gasteiger partial charge on any atom is 0.338 e. The van der Waals surface area contributed by atoms with Gasteiger partial charge in [-0.05, 0) is 54.7 Å². The Kier molecular flexibility index (Phi) is 4.82. The molecule has 10 heteroatoms. The van der Waals surface area contributed by atoms with Crippen LogP contribution in [-0.4, -0.2) is 47.4 Å². The Labute approximate surface area is 212 Å². The lowest BCUT2D eigenvalue weighted by atomic mass is 9.43. The van der Waals surface area contributed by atoms with Crippen LogP contribution in [0.1, 0.15) is 49.9 Å². The van der Waals surface area contributed by atoms with Gasteiger partial charge in [0.1, 0.15) is 18.8 Å². The van der Waals surface area contributed by atoms with Gasteiger partial charge in [-0.3, -0.25) is 24.5 Å².